The van der Waals surface area contributed by atoms with Crippen molar-refractivity contribution >= 4 is 27.6 Å². The van der Waals surface area contributed by atoms with Crippen LogP contribution in [0, 0.1) is 5.82 Å². The fourth-order valence-corrected chi connectivity index (χ4v) is 2.45. The molecule has 1 aliphatic heterocycles. The van der Waals surface area contributed by atoms with Crippen molar-refractivity contribution in [2.75, 3.05) is 13.1 Å². The minimum absolute atomic E-state index is 0.358. The van der Waals surface area contributed by atoms with Gasteiger partial charge in [0.1, 0.15) is 16.0 Å². The molecule has 114 valence electrons. The van der Waals surface area contributed by atoms with Gasteiger partial charge in [0.05, 0.1) is 12.2 Å². The Morgan fingerprint density at radius 2 is 2.14 bits per heavy atom. The van der Waals surface area contributed by atoms with E-state index >= 15 is 0 Å². The molecule has 1 aromatic heterocycles. The molecule has 0 atom stereocenters. The van der Waals surface area contributed by atoms with Crippen LogP contribution in [0.3, 0.4) is 0 Å². The molecular weight excluding hydrogens is 339 g/mol. The van der Waals surface area contributed by atoms with Crippen LogP contribution in [0.25, 0.3) is 5.57 Å². The maximum atomic E-state index is 13.5. The van der Waals surface area contributed by atoms with Gasteiger partial charge in [0.25, 0.3) is 0 Å². The highest BCUT2D eigenvalue weighted by molar-refractivity contribution is 9.10. The molecule has 0 aliphatic carbocycles. The van der Waals surface area contributed by atoms with Crippen LogP contribution in [0.2, 0.25) is 0 Å². The van der Waals surface area contributed by atoms with Crippen molar-refractivity contribution < 1.29 is 13.9 Å². The molecule has 2 heterocycles. The molecule has 0 N–H and O–H groups in total. The first-order valence-electron chi connectivity index (χ1n) is 6.75. The SMILES string of the molecule is CC(C)(C)OC(=O)N1CCC=C(c2cc(F)cc(Br)n2)C1. The van der Waals surface area contributed by atoms with Gasteiger partial charge in [-0.15, -0.1) is 0 Å². The van der Waals surface area contributed by atoms with E-state index in [2.05, 4.69) is 20.9 Å². The van der Waals surface area contributed by atoms with Crippen LogP contribution < -0.4 is 0 Å². The van der Waals surface area contributed by atoms with E-state index in [1.54, 1.807) is 4.90 Å². The third kappa shape index (κ3) is 4.52. The molecular formula is C15H18BrFN2O2. The molecule has 0 fully saturated rings. The summed E-state index contributed by atoms with van der Waals surface area (Å²) >= 11 is 3.18. The van der Waals surface area contributed by atoms with E-state index in [1.807, 2.05) is 26.8 Å². The molecule has 0 saturated carbocycles. The first-order valence-corrected chi connectivity index (χ1v) is 7.54. The molecule has 0 aromatic carbocycles. The van der Waals surface area contributed by atoms with Gasteiger partial charge in [0.2, 0.25) is 0 Å². The van der Waals surface area contributed by atoms with Gasteiger partial charge in [0.15, 0.2) is 0 Å². The minimum atomic E-state index is -0.529. The third-order valence-electron chi connectivity index (χ3n) is 2.89. The van der Waals surface area contributed by atoms with Crippen molar-refractivity contribution in [3.8, 4) is 0 Å². The molecule has 0 bridgehead atoms. The number of carbonyl (C=O) groups is 1. The van der Waals surface area contributed by atoms with Crippen LogP contribution in [0.15, 0.2) is 22.8 Å². The second kappa shape index (κ2) is 6.13. The van der Waals surface area contributed by atoms with Crippen LogP contribution >= 0.6 is 15.9 Å². The molecule has 0 unspecified atom stereocenters. The highest BCUT2D eigenvalue weighted by Crippen LogP contribution is 2.23. The zero-order valence-corrected chi connectivity index (χ0v) is 13.9. The summed E-state index contributed by atoms with van der Waals surface area (Å²) in [6, 6.07) is 2.67. The summed E-state index contributed by atoms with van der Waals surface area (Å²) in [5.41, 5.74) is 0.834. The number of carbonyl (C=O) groups excluding carboxylic acids is 1. The fraction of sp³-hybridized carbons (Fsp3) is 0.467. The first kappa shape index (κ1) is 15.9. The molecule has 2 rings (SSSR count). The van der Waals surface area contributed by atoms with Gasteiger partial charge in [-0.3, -0.25) is 0 Å². The van der Waals surface area contributed by atoms with Crippen LogP contribution in [-0.4, -0.2) is 34.7 Å². The van der Waals surface area contributed by atoms with Gasteiger partial charge in [-0.05, 0) is 54.8 Å². The lowest BCUT2D eigenvalue weighted by molar-refractivity contribution is 0.0273. The predicted molar refractivity (Wildman–Crippen MR) is 82.3 cm³/mol. The average molecular weight is 357 g/mol. The molecule has 1 aliphatic rings. The highest BCUT2D eigenvalue weighted by atomic mass is 79.9. The Hall–Kier alpha value is -1.43. The van der Waals surface area contributed by atoms with Crippen LogP contribution in [0.1, 0.15) is 32.9 Å². The second-order valence-electron chi connectivity index (χ2n) is 5.91. The number of amides is 1. The number of hydrogen-bond acceptors (Lipinski definition) is 3. The number of halogens is 2. The molecule has 1 amide bonds. The first-order chi connectivity index (χ1) is 9.74. The second-order valence-corrected chi connectivity index (χ2v) is 6.73. The zero-order valence-electron chi connectivity index (χ0n) is 12.3. The zero-order chi connectivity index (χ0) is 15.6. The summed E-state index contributed by atoms with van der Waals surface area (Å²) in [6.45, 7) is 6.46. The highest BCUT2D eigenvalue weighted by Gasteiger charge is 2.25. The Balaban J connectivity index is 2.13. The maximum absolute atomic E-state index is 13.5. The Bertz CT molecular complexity index is 561. The van der Waals surface area contributed by atoms with Gasteiger partial charge in [-0.25, -0.2) is 14.2 Å². The van der Waals surface area contributed by atoms with Crippen molar-refractivity contribution in [1.82, 2.24) is 9.88 Å². The topological polar surface area (TPSA) is 42.4 Å². The van der Waals surface area contributed by atoms with E-state index in [4.69, 9.17) is 4.74 Å². The number of pyridine rings is 1. The molecule has 21 heavy (non-hydrogen) atoms. The molecule has 0 radical (unpaired) electrons. The van der Waals surface area contributed by atoms with E-state index in [0.717, 1.165) is 5.57 Å². The van der Waals surface area contributed by atoms with E-state index < -0.39 is 5.60 Å². The summed E-state index contributed by atoms with van der Waals surface area (Å²) in [6.07, 6.45) is 2.32. The number of nitrogens with zero attached hydrogens (tertiary/aromatic N) is 2. The molecule has 0 saturated heterocycles. The standard InChI is InChI=1S/C15H18BrFN2O2/c1-15(2,3)21-14(20)19-6-4-5-10(9-19)12-7-11(17)8-13(16)18-12/h5,7-8H,4,6,9H2,1-3H3. The Morgan fingerprint density at radius 1 is 1.43 bits per heavy atom. The monoisotopic (exact) mass is 356 g/mol. The number of aromatic nitrogens is 1. The van der Waals surface area contributed by atoms with E-state index in [-0.39, 0.29) is 11.9 Å². The van der Waals surface area contributed by atoms with Gasteiger partial charge in [-0.2, -0.15) is 0 Å². The molecule has 6 heteroatoms. The summed E-state index contributed by atoms with van der Waals surface area (Å²) in [4.78, 5) is 18.0. The number of ether oxygens (including phenoxy) is 1. The van der Waals surface area contributed by atoms with Crippen molar-refractivity contribution in [2.45, 2.75) is 32.8 Å². The van der Waals surface area contributed by atoms with Gasteiger partial charge >= 0.3 is 6.09 Å². The lowest BCUT2D eigenvalue weighted by atomic mass is 10.1. The quantitative estimate of drug-likeness (QED) is 0.714. The summed E-state index contributed by atoms with van der Waals surface area (Å²) in [7, 11) is 0. The van der Waals surface area contributed by atoms with Crippen LogP contribution in [-0.2, 0) is 4.74 Å². The Kier molecular flexibility index (Phi) is 4.66. The lowest BCUT2D eigenvalue weighted by Gasteiger charge is -2.30. The van der Waals surface area contributed by atoms with Crippen LogP contribution in [0.4, 0.5) is 9.18 Å². The predicted octanol–water partition coefficient (Wildman–Crippen LogP) is 4.01. The van der Waals surface area contributed by atoms with Crippen molar-refractivity contribution in [1.29, 1.82) is 0 Å². The van der Waals surface area contributed by atoms with Crippen molar-refractivity contribution in [3.05, 3.63) is 34.3 Å². The van der Waals surface area contributed by atoms with Crippen molar-refractivity contribution in [3.63, 3.8) is 0 Å². The summed E-state index contributed by atoms with van der Waals surface area (Å²) < 4.78 is 19.3. The number of rotatable bonds is 1. The summed E-state index contributed by atoms with van der Waals surface area (Å²) in [5.74, 6) is -0.359. The maximum Gasteiger partial charge on any atom is 0.410 e. The van der Waals surface area contributed by atoms with Gasteiger partial charge in [0, 0.05) is 12.6 Å². The van der Waals surface area contributed by atoms with Crippen molar-refractivity contribution in [2.24, 2.45) is 0 Å². The average Bonchev–Trinajstić information content (AvgIpc) is 2.36. The Morgan fingerprint density at radius 3 is 2.76 bits per heavy atom. The summed E-state index contributed by atoms with van der Waals surface area (Å²) in [5, 5.41) is 0. The lowest BCUT2D eigenvalue weighted by Crippen LogP contribution is -2.39. The van der Waals surface area contributed by atoms with E-state index in [9.17, 15) is 9.18 Å². The Labute approximate surface area is 132 Å². The van der Waals surface area contributed by atoms with Crippen LogP contribution in [0.5, 0.6) is 0 Å². The molecule has 0 spiro atoms. The van der Waals surface area contributed by atoms with Gasteiger partial charge < -0.3 is 9.64 Å². The van der Waals surface area contributed by atoms with E-state index in [1.165, 1.54) is 12.1 Å². The minimum Gasteiger partial charge on any atom is -0.444 e. The van der Waals surface area contributed by atoms with Gasteiger partial charge in [-0.1, -0.05) is 6.08 Å². The third-order valence-corrected chi connectivity index (χ3v) is 3.30. The smallest absolute Gasteiger partial charge is 0.410 e. The largest absolute Gasteiger partial charge is 0.444 e. The van der Waals surface area contributed by atoms with E-state index in [0.29, 0.717) is 29.8 Å². The molecule has 4 nitrogen and oxygen atoms in total. The fourth-order valence-electron chi connectivity index (χ4n) is 2.04. The number of hydrogen-bond donors (Lipinski definition) is 0. The molecule has 1 aromatic rings. The normalized spacial score (nSPS) is 15.7.